The van der Waals surface area contributed by atoms with Crippen molar-refractivity contribution in [2.24, 2.45) is 0 Å². The molecule has 0 saturated carbocycles. The molecule has 1 saturated heterocycles. The lowest BCUT2D eigenvalue weighted by Gasteiger charge is -2.25. The molecule has 2 aromatic carbocycles. The van der Waals surface area contributed by atoms with E-state index in [0.29, 0.717) is 11.4 Å². The van der Waals surface area contributed by atoms with Gasteiger partial charge in [0, 0.05) is 50.5 Å². The van der Waals surface area contributed by atoms with E-state index in [1.165, 1.54) is 6.26 Å². The van der Waals surface area contributed by atoms with Crippen LogP contribution in [0.15, 0.2) is 53.4 Å². The molecule has 0 radical (unpaired) electrons. The van der Waals surface area contributed by atoms with E-state index in [-0.39, 0.29) is 0 Å². The summed E-state index contributed by atoms with van der Waals surface area (Å²) in [7, 11) is -3.15. The van der Waals surface area contributed by atoms with Crippen LogP contribution >= 0.6 is 23.8 Å². The van der Waals surface area contributed by atoms with Gasteiger partial charge in [0.15, 0.2) is 14.9 Å². The Morgan fingerprint density at radius 3 is 2.48 bits per heavy atom. The Labute approximate surface area is 183 Å². The summed E-state index contributed by atoms with van der Waals surface area (Å²) < 4.78 is 23.2. The van der Waals surface area contributed by atoms with Gasteiger partial charge < -0.3 is 10.2 Å². The SMILES string of the molecule is CS(=O)(=O)c1ccc(CN2CCCN(C(=S)NCc3ccccc3Cl)CC2)cc1. The van der Waals surface area contributed by atoms with Gasteiger partial charge >= 0.3 is 0 Å². The third-order valence-corrected chi connectivity index (χ3v) is 6.92. The summed E-state index contributed by atoms with van der Waals surface area (Å²) in [6.45, 7) is 5.08. The van der Waals surface area contributed by atoms with E-state index in [1.807, 2.05) is 36.4 Å². The first-order valence-electron chi connectivity index (χ1n) is 9.60. The molecular weight excluding hydrogens is 426 g/mol. The first kappa shape index (κ1) is 22.0. The van der Waals surface area contributed by atoms with Crippen LogP contribution in [0, 0.1) is 0 Å². The molecule has 0 unspecified atom stereocenters. The lowest BCUT2D eigenvalue weighted by Crippen LogP contribution is -2.41. The molecule has 8 heteroatoms. The van der Waals surface area contributed by atoms with Crippen molar-refractivity contribution in [3.8, 4) is 0 Å². The van der Waals surface area contributed by atoms with E-state index in [9.17, 15) is 8.42 Å². The van der Waals surface area contributed by atoms with E-state index in [0.717, 1.165) is 60.4 Å². The molecule has 3 rings (SSSR count). The molecule has 1 aliphatic heterocycles. The van der Waals surface area contributed by atoms with Gasteiger partial charge in [0.1, 0.15) is 0 Å². The minimum absolute atomic E-state index is 0.359. The molecule has 5 nitrogen and oxygen atoms in total. The molecule has 1 heterocycles. The number of nitrogens with one attached hydrogen (secondary N) is 1. The maximum absolute atomic E-state index is 11.6. The lowest BCUT2D eigenvalue weighted by molar-refractivity contribution is 0.277. The predicted octanol–water partition coefficient (Wildman–Crippen LogP) is 3.33. The molecule has 156 valence electrons. The predicted molar refractivity (Wildman–Crippen MR) is 122 cm³/mol. The van der Waals surface area contributed by atoms with Gasteiger partial charge in [-0.3, -0.25) is 4.90 Å². The molecule has 0 amide bonds. The molecule has 29 heavy (non-hydrogen) atoms. The summed E-state index contributed by atoms with van der Waals surface area (Å²) in [5, 5.41) is 4.82. The second-order valence-corrected chi connectivity index (χ2v) is 10.1. The van der Waals surface area contributed by atoms with Gasteiger partial charge in [0.2, 0.25) is 0 Å². The molecule has 0 spiro atoms. The monoisotopic (exact) mass is 451 g/mol. The van der Waals surface area contributed by atoms with E-state index < -0.39 is 9.84 Å². The molecule has 1 N–H and O–H groups in total. The van der Waals surface area contributed by atoms with Crippen molar-refractivity contribution in [1.29, 1.82) is 0 Å². The Morgan fingerprint density at radius 1 is 1.07 bits per heavy atom. The molecule has 0 atom stereocenters. The maximum Gasteiger partial charge on any atom is 0.175 e. The van der Waals surface area contributed by atoms with Crippen molar-refractivity contribution in [3.63, 3.8) is 0 Å². The number of rotatable bonds is 5. The summed E-state index contributed by atoms with van der Waals surface area (Å²) in [6, 6.07) is 14.9. The molecule has 0 aliphatic carbocycles. The minimum atomic E-state index is -3.15. The van der Waals surface area contributed by atoms with Gasteiger partial charge in [-0.1, -0.05) is 41.9 Å². The van der Waals surface area contributed by atoms with E-state index in [2.05, 4.69) is 15.1 Å². The second-order valence-electron chi connectivity index (χ2n) is 7.28. The van der Waals surface area contributed by atoms with Gasteiger partial charge in [0.05, 0.1) is 4.90 Å². The van der Waals surface area contributed by atoms with Gasteiger partial charge in [0.25, 0.3) is 0 Å². The van der Waals surface area contributed by atoms with Crippen molar-refractivity contribution in [1.82, 2.24) is 15.1 Å². The third-order valence-electron chi connectivity index (χ3n) is 5.02. The van der Waals surface area contributed by atoms with Crippen LogP contribution < -0.4 is 5.32 Å². The molecular formula is C21H26ClN3O2S2. The lowest BCUT2D eigenvalue weighted by atomic mass is 10.2. The standard InChI is InChI=1S/C21H26ClN3O2S2/c1-29(26,27)19-9-7-17(8-10-19)16-24-11-4-12-25(14-13-24)21(28)23-15-18-5-2-3-6-20(18)22/h2-3,5-10H,4,11-16H2,1H3,(H,23,28). The van der Waals surface area contributed by atoms with Crippen LogP contribution in [-0.2, 0) is 22.9 Å². The molecule has 1 fully saturated rings. The van der Waals surface area contributed by atoms with E-state index in [1.54, 1.807) is 12.1 Å². The first-order chi connectivity index (χ1) is 13.8. The van der Waals surface area contributed by atoms with Crippen LogP contribution in [0.5, 0.6) is 0 Å². The summed E-state index contributed by atoms with van der Waals surface area (Å²) >= 11 is 11.8. The van der Waals surface area contributed by atoms with Crippen LogP contribution in [-0.4, -0.2) is 55.8 Å². The minimum Gasteiger partial charge on any atom is -0.358 e. The van der Waals surface area contributed by atoms with Crippen LogP contribution in [0.1, 0.15) is 17.5 Å². The number of halogens is 1. The highest BCUT2D eigenvalue weighted by molar-refractivity contribution is 7.90. The highest BCUT2D eigenvalue weighted by Crippen LogP contribution is 2.15. The highest BCUT2D eigenvalue weighted by atomic mass is 35.5. The molecule has 1 aliphatic rings. The van der Waals surface area contributed by atoms with Crippen molar-refractivity contribution in [2.45, 2.75) is 24.4 Å². The molecule has 0 aromatic heterocycles. The number of thiocarbonyl (C=S) groups is 1. The zero-order valence-corrected chi connectivity index (χ0v) is 18.9. The molecule has 0 bridgehead atoms. The number of benzene rings is 2. The normalized spacial score (nSPS) is 15.7. The Balaban J connectivity index is 1.50. The van der Waals surface area contributed by atoms with Crippen molar-refractivity contribution >= 4 is 38.8 Å². The zero-order chi connectivity index (χ0) is 20.9. The second kappa shape index (κ2) is 9.89. The fourth-order valence-corrected chi connectivity index (χ4v) is 4.44. The van der Waals surface area contributed by atoms with Crippen molar-refractivity contribution < 1.29 is 8.42 Å². The number of hydrogen-bond acceptors (Lipinski definition) is 4. The average Bonchev–Trinajstić information content (AvgIpc) is 2.92. The number of hydrogen-bond donors (Lipinski definition) is 1. The fraction of sp³-hybridized carbons (Fsp3) is 0.381. The first-order valence-corrected chi connectivity index (χ1v) is 12.3. The Bertz CT molecular complexity index is 949. The summed E-state index contributed by atoms with van der Waals surface area (Å²) in [5.41, 5.74) is 2.15. The summed E-state index contributed by atoms with van der Waals surface area (Å²) in [4.78, 5) is 4.95. The zero-order valence-electron chi connectivity index (χ0n) is 16.5. The number of sulfone groups is 1. The van der Waals surface area contributed by atoms with Gasteiger partial charge in [-0.2, -0.15) is 0 Å². The topological polar surface area (TPSA) is 52.7 Å². The maximum atomic E-state index is 11.6. The fourth-order valence-electron chi connectivity index (χ4n) is 3.36. The van der Waals surface area contributed by atoms with Gasteiger partial charge in [-0.25, -0.2) is 8.42 Å². The largest absolute Gasteiger partial charge is 0.358 e. The molecule has 2 aromatic rings. The summed E-state index contributed by atoms with van der Waals surface area (Å²) in [5.74, 6) is 0. The van der Waals surface area contributed by atoms with Gasteiger partial charge in [-0.15, -0.1) is 0 Å². The highest BCUT2D eigenvalue weighted by Gasteiger charge is 2.17. The smallest absolute Gasteiger partial charge is 0.175 e. The van der Waals surface area contributed by atoms with Crippen LogP contribution in [0.25, 0.3) is 0 Å². The number of nitrogens with zero attached hydrogens (tertiary/aromatic N) is 2. The van der Waals surface area contributed by atoms with Crippen molar-refractivity contribution in [3.05, 3.63) is 64.7 Å². The average molecular weight is 452 g/mol. The van der Waals surface area contributed by atoms with Gasteiger partial charge in [-0.05, 0) is 48.0 Å². The van der Waals surface area contributed by atoms with E-state index >= 15 is 0 Å². The Kier molecular flexibility index (Phi) is 7.51. The van der Waals surface area contributed by atoms with Crippen LogP contribution in [0.4, 0.5) is 0 Å². The van der Waals surface area contributed by atoms with E-state index in [4.69, 9.17) is 23.8 Å². The quantitative estimate of drug-likeness (QED) is 0.704. The van der Waals surface area contributed by atoms with Crippen LogP contribution in [0.3, 0.4) is 0 Å². The van der Waals surface area contributed by atoms with Crippen LogP contribution in [0.2, 0.25) is 5.02 Å². The Morgan fingerprint density at radius 2 is 1.79 bits per heavy atom. The third kappa shape index (κ3) is 6.40. The van der Waals surface area contributed by atoms with Crippen molar-refractivity contribution in [2.75, 3.05) is 32.4 Å². The Hall–Kier alpha value is -1.67. The summed E-state index contributed by atoms with van der Waals surface area (Å²) in [6.07, 6.45) is 2.25.